The van der Waals surface area contributed by atoms with Crippen LogP contribution < -0.4 is 5.32 Å². The molecular formula is C10H16ClFN2O3. The summed E-state index contributed by atoms with van der Waals surface area (Å²) in [6.07, 6.45) is -0.439. The van der Waals surface area contributed by atoms with E-state index in [4.69, 9.17) is 16.3 Å². The molecule has 0 aromatic heterocycles. The van der Waals surface area contributed by atoms with Gasteiger partial charge >= 0.3 is 6.09 Å². The molecule has 2 amide bonds. The number of carbonyl (C=O) groups excluding carboxylic acids is 2. The Morgan fingerprint density at radius 1 is 1.47 bits per heavy atom. The molecule has 7 heteroatoms. The van der Waals surface area contributed by atoms with Crippen LogP contribution in [0.25, 0.3) is 0 Å². The van der Waals surface area contributed by atoms with Crippen molar-refractivity contribution in [3.05, 3.63) is 0 Å². The molecule has 17 heavy (non-hydrogen) atoms. The number of nitrogens with one attached hydrogen (secondary N) is 1. The number of likely N-dealkylation sites (tertiary alicyclic amines) is 1. The summed E-state index contributed by atoms with van der Waals surface area (Å²) < 4.78 is 17.5. The molecule has 0 aromatic rings. The van der Waals surface area contributed by atoms with Crippen molar-refractivity contribution >= 4 is 23.6 Å². The lowest BCUT2D eigenvalue weighted by atomic mass is 10.1. The summed E-state index contributed by atoms with van der Waals surface area (Å²) in [7, 11) is 0. The zero-order valence-electron chi connectivity index (χ0n) is 10.00. The van der Waals surface area contributed by atoms with E-state index in [2.05, 4.69) is 5.32 Å². The van der Waals surface area contributed by atoms with Gasteiger partial charge in [0.05, 0.1) is 6.04 Å². The maximum Gasteiger partial charge on any atom is 0.410 e. The summed E-state index contributed by atoms with van der Waals surface area (Å²) in [6, 6.07) is -0.257. The standard InChI is InChI=1S/C10H16ClFN2O3/c1-10(2,3)17-9(16)14-4-6(5-14)13-8(15)7(11)12/h6-7H,4-5H2,1-3H3,(H,13,15). The van der Waals surface area contributed by atoms with Gasteiger partial charge in [-0.1, -0.05) is 11.6 Å². The largest absolute Gasteiger partial charge is 0.444 e. The summed E-state index contributed by atoms with van der Waals surface area (Å²) >= 11 is 4.96. The molecule has 0 aliphatic carbocycles. The number of halogens is 2. The molecule has 98 valence electrons. The van der Waals surface area contributed by atoms with Crippen LogP contribution in [-0.4, -0.2) is 47.3 Å². The minimum Gasteiger partial charge on any atom is -0.444 e. The second-order valence-electron chi connectivity index (χ2n) is 4.89. The number of carbonyl (C=O) groups is 2. The number of rotatable bonds is 2. The van der Waals surface area contributed by atoms with Gasteiger partial charge in [0, 0.05) is 13.1 Å². The van der Waals surface area contributed by atoms with Crippen LogP contribution in [0.4, 0.5) is 9.18 Å². The van der Waals surface area contributed by atoms with Gasteiger partial charge in [0.1, 0.15) is 5.60 Å². The predicted octanol–water partition coefficient (Wildman–Crippen LogP) is 1.26. The Bertz CT molecular complexity index is 311. The first-order chi connectivity index (χ1) is 7.69. The minimum absolute atomic E-state index is 0.257. The third-order valence-corrected chi connectivity index (χ3v) is 2.28. The van der Waals surface area contributed by atoms with Gasteiger partial charge in [0.25, 0.3) is 11.5 Å². The Hall–Kier alpha value is -1.04. The topological polar surface area (TPSA) is 58.6 Å². The first-order valence-electron chi connectivity index (χ1n) is 5.25. The Balaban J connectivity index is 2.28. The summed E-state index contributed by atoms with van der Waals surface area (Å²) in [5.74, 6) is -0.875. The van der Waals surface area contributed by atoms with Crippen LogP contribution in [0.5, 0.6) is 0 Å². The first-order valence-corrected chi connectivity index (χ1v) is 5.69. The van der Waals surface area contributed by atoms with E-state index in [9.17, 15) is 14.0 Å². The average Bonchev–Trinajstić information content (AvgIpc) is 2.06. The Kier molecular flexibility index (Phi) is 4.19. The second kappa shape index (κ2) is 5.08. The van der Waals surface area contributed by atoms with Gasteiger partial charge in [-0.3, -0.25) is 4.79 Å². The lowest BCUT2D eigenvalue weighted by molar-refractivity contribution is -0.125. The van der Waals surface area contributed by atoms with Crippen molar-refractivity contribution in [3.8, 4) is 0 Å². The van der Waals surface area contributed by atoms with Gasteiger partial charge in [-0.25, -0.2) is 9.18 Å². The van der Waals surface area contributed by atoms with E-state index in [1.54, 1.807) is 20.8 Å². The molecule has 0 aromatic carbocycles. The van der Waals surface area contributed by atoms with E-state index in [1.807, 2.05) is 0 Å². The average molecular weight is 267 g/mol. The molecule has 5 nitrogen and oxygen atoms in total. The van der Waals surface area contributed by atoms with Crippen molar-refractivity contribution in [1.82, 2.24) is 10.2 Å². The van der Waals surface area contributed by atoms with Crippen molar-refractivity contribution in [2.75, 3.05) is 13.1 Å². The number of hydrogen-bond acceptors (Lipinski definition) is 3. The van der Waals surface area contributed by atoms with Crippen molar-refractivity contribution in [2.24, 2.45) is 0 Å². The van der Waals surface area contributed by atoms with Crippen LogP contribution >= 0.6 is 11.6 Å². The molecule has 1 saturated heterocycles. The molecule has 1 fully saturated rings. The molecule has 1 heterocycles. The van der Waals surface area contributed by atoms with Crippen LogP contribution in [0.1, 0.15) is 20.8 Å². The highest BCUT2D eigenvalue weighted by Crippen LogP contribution is 2.15. The molecule has 1 atom stereocenters. The molecule has 1 aliphatic heterocycles. The molecule has 1 N–H and O–H groups in total. The molecular weight excluding hydrogens is 251 g/mol. The fourth-order valence-electron chi connectivity index (χ4n) is 1.31. The number of ether oxygens (including phenoxy) is 1. The smallest absolute Gasteiger partial charge is 0.410 e. The third-order valence-electron chi connectivity index (χ3n) is 2.08. The number of alkyl halides is 2. The summed E-state index contributed by atoms with van der Waals surface area (Å²) in [5.41, 5.74) is -2.60. The fraction of sp³-hybridized carbons (Fsp3) is 0.800. The number of hydrogen-bond donors (Lipinski definition) is 1. The maximum absolute atomic E-state index is 12.3. The molecule has 0 bridgehead atoms. The minimum atomic E-state index is -2.05. The monoisotopic (exact) mass is 266 g/mol. The summed E-state index contributed by atoms with van der Waals surface area (Å²) in [4.78, 5) is 23.8. The van der Waals surface area contributed by atoms with Crippen LogP contribution in [0, 0.1) is 0 Å². The van der Waals surface area contributed by atoms with Crippen molar-refractivity contribution in [1.29, 1.82) is 0 Å². The third kappa shape index (κ3) is 4.38. The van der Waals surface area contributed by atoms with E-state index in [-0.39, 0.29) is 6.04 Å². The van der Waals surface area contributed by atoms with Gasteiger partial charge in [0.15, 0.2) is 0 Å². The van der Waals surface area contributed by atoms with E-state index in [1.165, 1.54) is 4.90 Å². The normalized spacial score (nSPS) is 18.3. The molecule has 0 radical (unpaired) electrons. The predicted molar refractivity (Wildman–Crippen MR) is 60.5 cm³/mol. The Morgan fingerprint density at radius 2 is 2.00 bits per heavy atom. The summed E-state index contributed by atoms with van der Waals surface area (Å²) in [6.45, 7) is 5.93. The highest BCUT2D eigenvalue weighted by molar-refractivity contribution is 6.29. The quantitative estimate of drug-likeness (QED) is 0.766. The van der Waals surface area contributed by atoms with Crippen molar-refractivity contribution in [2.45, 2.75) is 38.0 Å². The molecule has 1 aliphatic rings. The Labute approximate surface area is 104 Å². The van der Waals surface area contributed by atoms with Crippen molar-refractivity contribution < 1.29 is 18.7 Å². The lowest BCUT2D eigenvalue weighted by Gasteiger charge is -2.39. The maximum atomic E-state index is 12.3. The second-order valence-corrected chi connectivity index (χ2v) is 5.27. The zero-order valence-corrected chi connectivity index (χ0v) is 10.8. The van der Waals surface area contributed by atoms with Crippen LogP contribution in [-0.2, 0) is 9.53 Å². The van der Waals surface area contributed by atoms with Crippen LogP contribution in [0.2, 0.25) is 0 Å². The first kappa shape index (κ1) is 14.0. The molecule has 0 saturated carbocycles. The Morgan fingerprint density at radius 3 is 2.41 bits per heavy atom. The van der Waals surface area contributed by atoms with Gasteiger partial charge < -0.3 is 15.0 Å². The fourth-order valence-corrected chi connectivity index (χ4v) is 1.37. The zero-order chi connectivity index (χ0) is 13.2. The molecule has 1 rings (SSSR count). The highest BCUT2D eigenvalue weighted by atomic mass is 35.5. The molecule has 0 spiro atoms. The van der Waals surface area contributed by atoms with Gasteiger partial charge in [-0.15, -0.1) is 0 Å². The van der Waals surface area contributed by atoms with E-state index in [0.29, 0.717) is 13.1 Å². The van der Waals surface area contributed by atoms with Gasteiger partial charge in [-0.05, 0) is 20.8 Å². The van der Waals surface area contributed by atoms with Crippen LogP contribution in [0.15, 0.2) is 0 Å². The number of nitrogens with zero attached hydrogens (tertiary/aromatic N) is 1. The lowest BCUT2D eigenvalue weighted by Crippen LogP contribution is -2.62. The van der Waals surface area contributed by atoms with E-state index >= 15 is 0 Å². The van der Waals surface area contributed by atoms with Crippen molar-refractivity contribution in [3.63, 3.8) is 0 Å². The van der Waals surface area contributed by atoms with E-state index in [0.717, 1.165) is 0 Å². The van der Waals surface area contributed by atoms with E-state index < -0.39 is 23.2 Å². The highest BCUT2D eigenvalue weighted by Gasteiger charge is 2.35. The van der Waals surface area contributed by atoms with Gasteiger partial charge in [-0.2, -0.15) is 0 Å². The SMILES string of the molecule is CC(C)(C)OC(=O)N1CC(NC(=O)C(F)Cl)C1. The van der Waals surface area contributed by atoms with Gasteiger partial charge in [0.2, 0.25) is 0 Å². The molecule has 1 unspecified atom stereocenters. The summed E-state index contributed by atoms with van der Waals surface area (Å²) in [5, 5.41) is 2.37. The van der Waals surface area contributed by atoms with Crippen LogP contribution in [0.3, 0.4) is 0 Å². The number of amides is 2.